The summed E-state index contributed by atoms with van der Waals surface area (Å²) in [7, 11) is 0. The van der Waals surface area contributed by atoms with Gasteiger partial charge < -0.3 is 10.3 Å². The largest absolute Gasteiger partial charge is 0.348 e. The molecule has 1 aliphatic rings. The van der Waals surface area contributed by atoms with E-state index in [-0.39, 0.29) is 0 Å². The summed E-state index contributed by atoms with van der Waals surface area (Å²) in [4.78, 5) is 7.33. The van der Waals surface area contributed by atoms with Gasteiger partial charge in [-0.1, -0.05) is 13.8 Å². The minimum Gasteiger partial charge on any atom is -0.348 e. The monoisotopic (exact) mass is 225 g/mol. The van der Waals surface area contributed by atoms with E-state index in [0.29, 0.717) is 11.5 Å². The van der Waals surface area contributed by atoms with E-state index >= 15 is 0 Å². The number of aromatic nitrogens is 2. The highest BCUT2D eigenvalue weighted by molar-refractivity contribution is 7.99. The molecule has 15 heavy (non-hydrogen) atoms. The molecule has 1 unspecified atom stereocenters. The average Bonchev–Trinajstić information content (AvgIpc) is 2.65. The Morgan fingerprint density at radius 3 is 3.20 bits per heavy atom. The van der Waals surface area contributed by atoms with Gasteiger partial charge in [0.2, 0.25) is 0 Å². The van der Waals surface area contributed by atoms with Crippen LogP contribution in [0.15, 0.2) is 12.4 Å². The molecular weight excluding hydrogens is 206 g/mol. The summed E-state index contributed by atoms with van der Waals surface area (Å²) in [6.07, 6.45) is 4.94. The van der Waals surface area contributed by atoms with Crippen LogP contribution in [0.2, 0.25) is 0 Å². The van der Waals surface area contributed by atoms with Crippen LogP contribution < -0.4 is 5.32 Å². The molecule has 2 rings (SSSR count). The fraction of sp³-hybridized carbons (Fsp3) is 0.727. The predicted octanol–water partition coefficient (Wildman–Crippen LogP) is 2.03. The number of hydrogen-bond acceptors (Lipinski definition) is 3. The standard InChI is InChI=1S/C11H19N3S/c1-11(2)5-9(7-15-8-11)14-6-10-12-3-4-13-10/h3-4,9,14H,5-8H2,1-2H3,(H,12,13). The minimum absolute atomic E-state index is 0.476. The molecule has 1 aromatic heterocycles. The summed E-state index contributed by atoms with van der Waals surface area (Å²) in [5.41, 5.74) is 0.476. The Kier molecular flexibility index (Phi) is 3.36. The van der Waals surface area contributed by atoms with Gasteiger partial charge in [0.05, 0.1) is 6.54 Å². The van der Waals surface area contributed by atoms with Crippen LogP contribution in [0.1, 0.15) is 26.1 Å². The van der Waals surface area contributed by atoms with Crippen molar-refractivity contribution in [2.24, 2.45) is 5.41 Å². The quantitative estimate of drug-likeness (QED) is 0.827. The maximum absolute atomic E-state index is 4.21. The zero-order chi connectivity index (χ0) is 10.7. The molecule has 2 heterocycles. The second-order valence-corrected chi connectivity index (χ2v) is 6.03. The minimum atomic E-state index is 0.476. The zero-order valence-corrected chi connectivity index (χ0v) is 10.2. The molecule has 0 amide bonds. The van der Waals surface area contributed by atoms with Crippen molar-refractivity contribution in [2.75, 3.05) is 11.5 Å². The number of hydrogen-bond donors (Lipinski definition) is 2. The van der Waals surface area contributed by atoms with Crippen LogP contribution in [-0.2, 0) is 6.54 Å². The Bertz CT molecular complexity index is 295. The second-order valence-electron chi connectivity index (χ2n) is 5.00. The number of nitrogens with one attached hydrogen (secondary N) is 2. The maximum Gasteiger partial charge on any atom is 0.120 e. The fourth-order valence-corrected chi connectivity index (χ4v) is 3.34. The van der Waals surface area contributed by atoms with Crippen molar-refractivity contribution < 1.29 is 0 Å². The number of aromatic amines is 1. The highest BCUT2D eigenvalue weighted by Gasteiger charge is 2.27. The highest BCUT2D eigenvalue weighted by Crippen LogP contribution is 2.33. The normalized spacial score (nSPS) is 25.3. The summed E-state index contributed by atoms with van der Waals surface area (Å²) in [5.74, 6) is 3.54. The van der Waals surface area contributed by atoms with Gasteiger partial charge in [-0.3, -0.25) is 0 Å². The number of rotatable bonds is 3. The number of imidazole rings is 1. The molecule has 1 aliphatic heterocycles. The van der Waals surface area contributed by atoms with Gasteiger partial charge in [-0.15, -0.1) is 0 Å². The lowest BCUT2D eigenvalue weighted by Crippen LogP contribution is -2.40. The topological polar surface area (TPSA) is 40.7 Å². The third-order valence-electron chi connectivity index (χ3n) is 2.72. The lowest BCUT2D eigenvalue weighted by atomic mass is 9.88. The Hall–Kier alpha value is -0.480. The van der Waals surface area contributed by atoms with Crippen LogP contribution in [0.5, 0.6) is 0 Å². The lowest BCUT2D eigenvalue weighted by Gasteiger charge is -2.35. The van der Waals surface area contributed by atoms with Crippen LogP contribution in [0.25, 0.3) is 0 Å². The molecule has 0 radical (unpaired) electrons. The van der Waals surface area contributed by atoms with Crippen LogP contribution in [-0.4, -0.2) is 27.5 Å². The number of thioether (sulfide) groups is 1. The van der Waals surface area contributed by atoms with Crippen molar-refractivity contribution in [2.45, 2.75) is 32.9 Å². The first-order valence-corrected chi connectivity index (χ1v) is 6.61. The van der Waals surface area contributed by atoms with Crippen molar-refractivity contribution in [3.8, 4) is 0 Å². The average molecular weight is 225 g/mol. The van der Waals surface area contributed by atoms with Gasteiger partial charge >= 0.3 is 0 Å². The predicted molar refractivity (Wildman–Crippen MR) is 64.9 cm³/mol. The summed E-state index contributed by atoms with van der Waals surface area (Å²) in [6.45, 7) is 5.55. The SMILES string of the molecule is CC1(C)CSCC(NCc2ncc[nH]2)C1. The van der Waals surface area contributed by atoms with Gasteiger partial charge in [0, 0.05) is 24.2 Å². The molecule has 1 fully saturated rings. The van der Waals surface area contributed by atoms with Crippen molar-refractivity contribution >= 4 is 11.8 Å². The van der Waals surface area contributed by atoms with Crippen LogP contribution >= 0.6 is 11.8 Å². The molecule has 1 saturated heterocycles. The molecule has 0 spiro atoms. The Labute approximate surface area is 95.4 Å². The van der Waals surface area contributed by atoms with E-state index in [1.807, 2.05) is 6.20 Å². The Morgan fingerprint density at radius 2 is 2.53 bits per heavy atom. The van der Waals surface area contributed by atoms with Crippen LogP contribution in [0.4, 0.5) is 0 Å². The molecule has 1 atom stereocenters. The van der Waals surface area contributed by atoms with Gasteiger partial charge in [-0.05, 0) is 17.6 Å². The molecule has 0 aliphatic carbocycles. The van der Waals surface area contributed by atoms with E-state index in [2.05, 4.69) is 40.9 Å². The number of H-pyrrole nitrogens is 1. The van der Waals surface area contributed by atoms with Gasteiger partial charge in [0.25, 0.3) is 0 Å². The van der Waals surface area contributed by atoms with Crippen molar-refractivity contribution in [3.05, 3.63) is 18.2 Å². The molecule has 0 saturated carbocycles. The molecule has 0 bridgehead atoms. The lowest BCUT2D eigenvalue weighted by molar-refractivity contribution is 0.316. The molecule has 3 nitrogen and oxygen atoms in total. The number of nitrogens with zero attached hydrogens (tertiary/aromatic N) is 1. The van der Waals surface area contributed by atoms with Gasteiger partial charge in [0.1, 0.15) is 5.82 Å². The van der Waals surface area contributed by atoms with Gasteiger partial charge in [-0.2, -0.15) is 11.8 Å². The Balaban J connectivity index is 1.80. The summed E-state index contributed by atoms with van der Waals surface area (Å²) in [6, 6.07) is 0.629. The van der Waals surface area contributed by atoms with E-state index < -0.39 is 0 Å². The summed E-state index contributed by atoms with van der Waals surface area (Å²) < 4.78 is 0. The van der Waals surface area contributed by atoms with Crippen LogP contribution in [0.3, 0.4) is 0 Å². The first kappa shape index (κ1) is 11.0. The van der Waals surface area contributed by atoms with E-state index in [0.717, 1.165) is 12.4 Å². The molecular formula is C11H19N3S. The van der Waals surface area contributed by atoms with E-state index in [1.54, 1.807) is 6.20 Å². The van der Waals surface area contributed by atoms with Gasteiger partial charge in [0.15, 0.2) is 0 Å². The summed E-state index contributed by atoms with van der Waals surface area (Å²) >= 11 is 2.05. The van der Waals surface area contributed by atoms with Gasteiger partial charge in [-0.25, -0.2) is 4.98 Å². The van der Waals surface area contributed by atoms with E-state index in [1.165, 1.54) is 17.9 Å². The second kappa shape index (κ2) is 4.58. The van der Waals surface area contributed by atoms with E-state index in [9.17, 15) is 0 Å². The van der Waals surface area contributed by atoms with Crippen molar-refractivity contribution in [1.29, 1.82) is 0 Å². The van der Waals surface area contributed by atoms with Crippen molar-refractivity contribution in [3.63, 3.8) is 0 Å². The fourth-order valence-electron chi connectivity index (χ4n) is 2.03. The van der Waals surface area contributed by atoms with E-state index in [4.69, 9.17) is 0 Å². The third-order valence-corrected chi connectivity index (χ3v) is 4.35. The third kappa shape index (κ3) is 3.24. The Morgan fingerprint density at radius 1 is 1.67 bits per heavy atom. The molecule has 84 valence electrons. The molecule has 2 N–H and O–H groups in total. The smallest absolute Gasteiger partial charge is 0.120 e. The maximum atomic E-state index is 4.21. The zero-order valence-electron chi connectivity index (χ0n) is 9.42. The molecule has 1 aromatic rings. The molecule has 4 heteroatoms. The first-order valence-electron chi connectivity index (χ1n) is 5.45. The van der Waals surface area contributed by atoms with Crippen LogP contribution in [0, 0.1) is 5.41 Å². The summed E-state index contributed by atoms with van der Waals surface area (Å²) in [5, 5.41) is 3.57. The highest BCUT2D eigenvalue weighted by atomic mass is 32.2. The first-order chi connectivity index (χ1) is 7.16. The molecule has 0 aromatic carbocycles. The van der Waals surface area contributed by atoms with Crippen molar-refractivity contribution in [1.82, 2.24) is 15.3 Å².